The van der Waals surface area contributed by atoms with Gasteiger partial charge in [-0.15, -0.1) is 0 Å². The number of hydrogen-bond donors (Lipinski definition) is 2. The molecular weight excluding hydrogens is 904 g/mol. The van der Waals surface area contributed by atoms with Gasteiger partial charge in [0.05, 0.1) is 11.1 Å². The smallest absolute Gasteiger partial charge is 0.344 e. The van der Waals surface area contributed by atoms with Crippen LogP contribution in [0.2, 0.25) is 0 Å². The zero-order chi connectivity index (χ0) is 47.3. The van der Waals surface area contributed by atoms with Crippen LogP contribution in [-0.4, -0.2) is 77.0 Å². The van der Waals surface area contributed by atoms with Crippen LogP contribution in [0.4, 0.5) is 24.5 Å². The molecule has 2 heterocycles. The number of sulfonamides is 1. The van der Waals surface area contributed by atoms with E-state index in [4.69, 9.17) is 0 Å². The number of unbranched alkanes of at least 4 members (excludes halogenated alkanes) is 2. The van der Waals surface area contributed by atoms with Crippen LogP contribution < -0.4 is 4.90 Å². The maximum atomic E-state index is 14.6. The zero-order valence-electron chi connectivity index (χ0n) is 37.4. The summed E-state index contributed by atoms with van der Waals surface area (Å²) in [7, 11) is -10.1. The molecule has 3 aliphatic rings. The molecular formula is C51H53F3N3O6S3+. The minimum Gasteiger partial charge on any atom is -0.344 e. The normalized spacial score (nSPS) is 18.0. The third kappa shape index (κ3) is 8.31. The number of fused-ring (bicyclic) bond motifs is 7. The van der Waals surface area contributed by atoms with Gasteiger partial charge < -0.3 is 4.90 Å². The number of halogens is 3. The first-order valence-electron chi connectivity index (χ1n) is 22.0. The monoisotopic (exact) mass is 956 g/mol. The van der Waals surface area contributed by atoms with Gasteiger partial charge in [-0.3, -0.25) is 4.31 Å². The quantitative estimate of drug-likeness (QED) is 0.0611. The summed E-state index contributed by atoms with van der Waals surface area (Å²) in [4.78, 5) is 2.14. The second kappa shape index (κ2) is 17.9. The first-order chi connectivity index (χ1) is 31.3. The second-order valence-electron chi connectivity index (χ2n) is 18.0. The molecule has 1 aliphatic carbocycles. The Morgan fingerprint density at radius 2 is 1.26 bits per heavy atom. The summed E-state index contributed by atoms with van der Waals surface area (Å²) in [6, 6.07) is 31.3. The number of anilines is 1. The molecule has 2 aliphatic heterocycles. The maximum absolute atomic E-state index is 14.6. The zero-order valence-corrected chi connectivity index (χ0v) is 40.0. The molecule has 0 N–H and O–H groups in total. The number of benzene rings is 5. The summed E-state index contributed by atoms with van der Waals surface area (Å²) >= 11 is 0. The Labute approximate surface area is 387 Å². The highest BCUT2D eigenvalue weighted by molar-refractivity contribution is 7.90. The lowest BCUT2D eigenvalue weighted by Crippen LogP contribution is -2.37. The fraction of sp³-hybridized carbons (Fsp3) is 0.314. The first-order valence-corrected chi connectivity index (χ1v) is 26.1. The molecule has 0 radical (unpaired) electrons. The molecule has 0 spiro atoms. The molecule has 66 heavy (non-hydrogen) atoms. The van der Waals surface area contributed by atoms with E-state index in [0.717, 1.165) is 62.5 Å². The van der Waals surface area contributed by atoms with Crippen molar-refractivity contribution in [1.29, 1.82) is 0 Å². The SMILES string of the molecule is CN(C1=C(/C=C/C2=[N+](CCCC[SH](=O)=O)c3ccc4ccccc4c3C2(C)C)c2ccccc2/C1=C\C=C1\N(CCCC[SH](=O)=O)c2ccc3ccccc3c2C1(C)C)S(=O)(=O)C(F)(F)F. The number of allylic oxidation sites excluding steroid dienone is 7. The van der Waals surface area contributed by atoms with Gasteiger partial charge in [-0.2, -0.15) is 26.2 Å². The molecule has 0 fully saturated rings. The van der Waals surface area contributed by atoms with E-state index in [0.29, 0.717) is 54.2 Å². The Balaban J connectivity index is 1.33. The molecule has 0 unspecified atom stereocenters. The van der Waals surface area contributed by atoms with E-state index in [9.17, 15) is 38.4 Å². The van der Waals surface area contributed by atoms with Gasteiger partial charge in [-0.25, -0.2) is 16.8 Å². The van der Waals surface area contributed by atoms with Gasteiger partial charge in [-0.1, -0.05) is 98.8 Å². The highest BCUT2D eigenvalue weighted by Gasteiger charge is 2.51. The van der Waals surface area contributed by atoms with Crippen molar-refractivity contribution in [2.24, 2.45) is 0 Å². The van der Waals surface area contributed by atoms with Crippen LogP contribution >= 0.6 is 0 Å². The predicted molar refractivity (Wildman–Crippen MR) is 261 cm³/mol. The van der Waals surface area contributed by atoms with Gasteiger partial charge in [-0.05, 0) is 95.6 Å². The first kappa shape index (κ1) is 47.0. The number of hydrogen-bond acceptors (Lipinski definition) is 7. The lowest BCUT2D eigenvalue weighted by molar-refractivity contribution is -0.438. The van der Waals surface area contributed by atoms with Crippen LogP contribution in [-0.2, 0) is 42.3 Å². The summed E-state index contributed by atoms with van der Waals surface area (Å²) in [6.07, 6.45) is 9.15. The molecule has 0 saturated heterocycles. The predicted octanol–water partition coefficient (Wildman–Crippen LogP) is 9.98. The minimum atomic E-state index is -5.91. The average Bonchev–Trinajstić information content (AvgIpc) is 3.79. The molecule has 0 bridgehead atoms. The van der Waals surface area contributed by atoms with Crippen LogP contribution in [0, 0.1) is 0 Å². The van der Waals surface area contributed by atoms with E-state index in [1.807, 2.05) is 72.8 Å². The Hall–Kier alpha value is -5.51. The molecule has 8 rings (SSSR count). The lowest BCUT2D eigenvalue weighted by Gasteiger charge is -2.27. The molecule has 0 saturated carbocycles. The molecule has 0 atom stereocenters. The van der Waals surface area contributed by atoms with Crippen LogP contribution in [0.3, 0.4) is 0 Å². The van der Waals surface area contributed by atoms with E-state index < -0.39 is 47.8 Å². The number of alkyl halides is 3. The Bertz CT molecular complexity index is 3210. The Kier molecular flexibility index (Phi) is 12.8. The van der Waals surface area contributed by atoms with Gasteiger partial charge in [0.2, 0.25) is 5.69 Å². The van der Waals surface area contributed by atoms with Crippen molar-refractivity contribution < 1.29 is 43.0 Å². The molecule has 9 nitrogen and oxygen atoms in total. The largest absolute Gasteiger partial charge is 0.516 e. The van der Waals surface area contributed by atoms with Crippen LogP contribution in [0.15, 0.2) is 133 Å². The molecule has 5 aromatic rings. The average molecular weight is 957 g/mol. The number of thiol groups is 2. The van der Waals surface area contributed by atoms with Crippen molar-refractivity contribution in [3.8, 4) is 0 Å². The van der Waals surface area contributed by atoms with E-state index in [1.54, 1.807) is 36.4 Å². The Morgan fingerprint density at radius 1 is 0.682 bits per heavy atom. The van der Waals surface area contributed by atoms with Crippen LogP contribution in [0.25, 0.3) is 32.7 Å². The summed E-state index contributed by atoms with van der Waals surface area (Å²) in [5.41, 5.74) is 0.254. The fourth-order valence-electron chi connectivity index (χ4n) is 10.2. The number of rotatable bonds is 15. The summed E-state index contributed by atoms with van der Waals surface area (Å²) in [5, 5.41) is 4.15. The van der Waals surface area contributed by atoms with Gasteiger partial charge in [0.25, 0.3) is 0 Å². The van der Waals surface area contributed by atoms with Crippen molar-refractivity contribution in [2.45, 2.75) is 69.7 Å². The number of nitrogens with zero attached hydrogens (tertiary/aromatic N) is 3. The van der Waals surface area contributed by atoms with Crippen LogP contribution in [0.1, 0.15) is 75.6 Å². The summed E-state index contributed by atoms with van der Waals surface area (Å²) in [6.45, 7) is 9.27. The van der Waals surface area contributed by atoms with E-state index >= 15 is 0 Å². The second-order valence-corrected chi connectivity index (χ2v) is 22.2. The van der Waals surface area contributed by atoms with E-state index in [-0.39, 0.29) is 28.3 Å². The lowest BCUT2D eigenvalue weighted by atomic mass is 9.79. The maximum Gasteiger partial charge on any atom is 0.516 e. The van der Waals surface area contributed by atoms with Gasteiger partial charge >= 0.3 is 15.5 Å². The standard InChI is InChI=1S/C51H53F3N3O6S3/c1-49(2)44(56(30-12-14-32-64(58)59)42-26-22-34-16-6-8-18-36(34)46(42)49)28-24-40-38-20-10-11-21-39(38)41(48(40)55(5)66(62,63)51(52,53)54)25-29-45-50(3,4)47-37-19-9-7-17-35(37)23-27-43(47)57(45)31-13-15-33-65(60)61/h6-11,16-29,64-65H,12-15,30-33H2,1-5H3/q+1. The summed E-state index contributed by atoms with van der Waals surface area (Å²) in [5.74, 6) is 0.0877. The van der Waals surface area contributed by atoms with E-state index in [1.165, 1.54) is 0 Å². The molecule has 5 aromatic carbocycles. The van der Waals surface area contributed by atoms with Crippen molar-refractivity contribution in [3.63, 3.8) is 0 Å². The van der Waals surface area contributed by atoms with Crippen molar-refractivity contribution in [3.05, 3.63) is 155 Å². The molecule has 346 valence electrons. The third-order valence-electron chi connectivity index (χ3n) is 13.3. The van der Waals surface area contributed by atoms with Gasteiger partial charge in [0.15, 0.2) is 5.71 Å². The van der Waals surface area contributed by atoms with Crippen molar-refractivity contribution >= 4 is 81.2 Å². The topological polar surface area (TPSA) is 112 Å². The van der Waals surface area contributed by atoms with Crippen molar-refractivity contribution in [2.75, 3.05) is 36.5 Å². The van der Waals surface area contributed by atoms with Crippen LogP contribution in [0.5, 0.6) is 0 Å². The minimum absolute atomic E-state index is 0.0438. The fourth-order valence-corrected chi connectivity index (χ4v) is 11.9. The Morgan fingerprint density at radius 3 is 1.89 bits per heavy atom. The highest BCUT2D eigenvalue weighted by Crippen LogP contribution is 2.52. The van der Waals surface area contributed by atoms with Gasteiger partial charge in [0.1, 0.15) is 28.0 Å². The molecule has 0 amide bonds. The van der Waals surface area contributed by atoms with E-state index in [2.05, 4.69) is 49.3 Å². The number of likely N-dealkylation sites (N-methyl/N-ethyl adjacent to an activating group) is 1. The summed E-state index contributed by atoms with van der Waals surface area (Å²) < 4.78 is 120. The molecule has 0 aromatic heterocycles. The van der Waals surface area contributed by atoms with Crippen molar-refractivity contribution in [1.82, 2.24) is 4.31 Å². The van der Waals surface area contributed by atoms with Gasteiger partial charge in [0, 0.05) is 77.2 Å². The third-order valence-corrected chi connectivity index (χ3v) is 16.1. The highest BCUT2D eigenvalue weighted by atomic mass is 32.2. The molecule has 15 heteroatoms.